The highest BCUT2D eigenvalue weighted by molar-refractivity contribution is 6.33. The molecule has 0 spiro atoms. The highest BCUT2D eigenvalue weighted by Gasteiger charge is 2.54. The number of aliphatic carboxylic acids is 1. The number of halogens is 4. The van der Waals surface area contributed by atoms with Crippen molar-refractivity contribution in [3.8, 4) is 0 Å². The molecule has 2 aliphatic heterocycles. The lowest BCUT2D eigenvalue weighted by atomic mass is 9.76. The lowest BCUT2D eigenvalue weighted by Gasteiger charge is -2.33. The summed E-state index contributed by atoms with van der Waals surface area (Å²) in [5.74, 6) is -0.934. The van der Waals surface area contributed by atoms with Gasteiger partial charge in [-0.2, -0.15) is 13.2 Å². The molecule has 0 amide bonds. The second-order valence-corrected chi connectivity index (χ2v) is 6.31. The number of nitrogens with zero attached hydrogens (tertiary/aromatic N) is 2. The third-order valence-corrected chi connectivity index (χ3v) is 4.82. The minimum absolute atomic E-state index is 0.0851. The molecule has 3 heterocycles. The van der Waals surface area contributed by atoms with Gasteiger partial charge >= 0.3 is 12.1 Å². The number of ether oxygens (including phenoxy) is 1. The maximum Gasteiger partial charge on any atom is 0.417 e. The molecule has 9 heteroatoms. The summed E-state index contributed by atoms with van der Waals surface area (Å²) in [6, 6.07) is 0.815. The van der Waals surface area contributed by atoms with Crippen LogP contribution in [0.5, 0.6) is 0 Å². The summed E-state index contributed by atoms with van der Waals surface area (Å²) >= 11 is 5.96. The van der Waals surface area contributed by atoms with Gasteiger partial charge in [0.2, 0.25) is 0 Å². The average Bonchev–Trinajstić information content (AvgIpc) is 2.86. The quantitative estimate of drug-likeness (QED) is 0.888. The van der Waals surface area contributed by atoms with E-state index in [9.17, 15) is 23.1 Å². The molecule has 1 N–H and O–H groups in total. The van der Waals surface area contributed by atoms with Crippen LogP contribution in [0.4, 0.5) is 19.0 Å². The molecule has 126 valence electrons. The first-order valence-corrected chi connectivity index (χ1v) is 7.41. The SMILES string of the molecule is O=C(O)[C@]12COCC[C@H]1CN(c1ncc(C(F)(F)F)cc1Cl)C2. The molecule has 0 saturated carbocycles. The van der Waals surface area contributed by atoms with E-state index >= 15 is 0 Å². The summed E-state index contributed by atoms with van der Waals surface area (Å²) in [5.41, 5.74) is -1.99. The summed E-state index contributed by atoms with van der Waals surface area (Å²) in [5, 5.41) is 9.44. The average molecular weight is 351 g/mol. The van der Waals surface area contributed by atoms with Crippen LogP contribution < -0.4 is 4.90 Å². The van der Waals surface area contributed by atoms with Gasteiger partial charge in [0.25, 0.3) is 0 Å². The number of carbonyl (C=O) groups is 1. The normalized spacial score (nSPS) is 27.8. The van der Waals surface area contributed by atoms with Gasteiger partial charge in [-0.25, -0.2) is 4.98 Å². The number of alkyl halides is 3. The summed E-state index contributed by atoms with van der Waals surface area (Å²) in [4.78, 5) is 17.1. The van der Waals surface area contributed by atoms with Crippen molar-refractivity contribution in [3.63, 3.8) is 0 Å². The van der Waals surface area contributed by atoms with Crippen molar-refractivity contribution >= 4 is 23.4 Å². The van der Waals surface area contributed by atoms with Gasteiger partial charge in [-0.05, 0) is 18.4 Å². The Morgan fingerprint density at radius 3 is 2.83 bits per heavy atom. The lowest BCUT2D eigenvalue weighted by Crippen LogP contribution is -2.46. The van der Waals surface area contributed by atoms with Crippen LogP contribution in [0.1, 0.15) is 12.0 Å². The number of hydrogen-bond acceptors (Lipinski definition) is 4. The highest BCUT2D eigenvalue weighted by Crippen LogP contribution is 2.44. The Balaban J connectivity index is 1.90. The van der Waals surface area contributed by atoms with Crippen LogP contribution >= 0.6 is 11.6 Å². The third-order valence-electron chi connectivity index (χ3n) is 4.54. The van der Waals surface area contributed by atoms with Crippen molar-refractivity contribution < 1.29 is 27.8 Å². The maximum atomic E-state index is 12.7. The van der Waals surface area contributed by atoms with Gasteiger partial charge in [0.1, 0.15) is 11.2 Å². The molecule has 2 atom stereocenters. The molecule has 5 nitrogen and oxygen atoms in total. The monoisotopic (exact) mass is 350 g/mol. The third kappa shape index (κ3) is 2.74. The van der Waals surface area contributed by atoms with Gasteiger partial charge in [-0.3, -0.25) is 4.79 Å². The summed E-state index contributed by atoms with van der Waals surface area (Å²) in [7, 11) is 0. The Hall–Kier alpha value is -1.54. The van der Waals surface area contributed by atoms with Crippen LogP contribution in [-0.2, 0) is 15.7 Å². The van der Waals surface area contributed by atoms with Gasteiger partial charge in [0.05, 0.1) is 17.2 Å². The summed E-state index contributed by atoms with van der Waals surface area (Å²) < 4.78 is 43.4. The number of rotatable bonds is 2. The Morgan fingerprint density at radius 2 is 2.26 bits per heavy atom. The summed E-state index contributed by atoms with van der Waals surface area (Å²) in [6.45, 7) is 1.06. The van der Waals surface area contributed by atoms with E-state index in [0.29, 0.717) is 25.8 Å². The zero-order valence-corrected chi connectivity index (χ0v) is 12.7. The van der Waals surface area contributed by atoms with Crippen LogP contribution in [0.15, 0.2) is 12.3 Å². The topological polar surface area (TPSA) is 62.7 Å². The molecule has 23 heavy (non-hydrogen) atoms. The number of anilines is 1. The fraction of sp³-hybridized carbons (Fsp3) is 0.571. The Labute approximate surface area is 135 Å². The van der Waals surface area contributed by atoms with Crippen molar-refractivity contribution in [2.45, 2.75) is 12.6 Å². The first-order chi connectivity index (χ1) is 10.7. The smallest absolute Gasteiger partial charge is 0.417 e. The van der Waals surface area contributed by atoms with Crippen LogP contribution in [0.2, 0.25) is 5.02 Å². The van der Waals surface area contributed by atoms with Gasteiger partial charge in [-0.15, -0.1) is 0 Å². The van der Waals surface area contributed by atoms with E-state index in [0.717, 1.165) is 6.07 Å². The van der Waals surface area contributed by atoms with E-state index in [-0.39, 0.29) is 29.9 Å². The van der Waals surface area contributed by atoms with E-state index in [1.807, 2.05) is 0 Å². The van der Waals surface area contributed by atoms with Gasteiger partial charge in [-0.1, -0.05) is 11.6 Å². The van der Waals surface area contributed by atoms with Crippen LogP contribution in [0.25, 0.3) is 0 Å². The number of fused-ring (bicyclic) bond motifs is 1. The molecule has 3 rings (SSSR count). The van der Waals surface area contributed by atoms with Gasteiger partial charge in [0, 0.05) is 25.9 Å². The van der Waals surface area contributed by atoms with Gasteiger partial charge < -0.3 is 14.7 Å². The second-order valence-electron chi connectivity index (χ2n) is 5.91. The van der Waals surface area contributed by atoms with E-state index in [1.54, 1.807) is 4.90 Å². The number of carboxylic acids is 1. The highest BCUT2D eigenvalue weighted by atomic mass is 35.5. The standard InChI is InChI=1S/C14H14ClF3N2O3/c15-10-3-9(14(16,17)18)4-19-11(10)20-5-8-1-2-23-7-13(8,6-20)12(21)22/h3-4,8H,1-2,5-7H2,(H,21,22)/t8-,13+/m0/s1. The number of hydrogen-bond donors (Lipinski definition) is 1. The van der Waals surface area contributed by atoms with Crippen molar-refractivity contribution in [1.82, 2.24) is 4.98 Å². The molecular formula is C14H14ClF3N2O3. The fourth-order valence-corrected chi connectivity index (χ4v) is 3.56. The Bertz CT molecular complexity index is 640. The van der Waals surface area contributed by atoms with Crippen LogP contribution in [0.3, 0.4) is 0 Å². The first kappa shape index (κ1) is 16.3. The molecule has 1 aromatic heterocycles. The molecule has 0 unspecified atom stereocenters. The zero-order chi connectivity index (χ0) is 16.8. The Kier molecular flexibility index (Phi) is 3.92. The summed E-state index contributed by atoms with van der Waals surface area (Å²) in [6.07, 6.45) is -3.22. The molecule has 1 aromatic rings. The van der Waals surface area contributed by atoms with E-state index < -0.39 is 23.1 Å². The molecule has 0 aromatic carbocycles. The van der Waals surface area contributed by atoms with Crippen molar-refractivity contribution in [1.29, 1.82) is 0 Å². The Morgan fingerprint density at radius 1 is 1.52 bits per heavy atom. The molecule has 0 radical (unpaired) electrons. The van der Waals surface area contributed by atoms with Crippen molar-refractivity contribution in [2.75, 3.05) is 31.2 Å². The molecule has 2 aliphatic rings. The van der Waals surface area contributed by atoms with E-state index in [4.69, 9.17) is 16.3 Å². The van der Waals surface area contributed by atoms with Crippen molar-refractivity contribution in [3.05, 3.63) is 22.8 Å². The van der Waals surface area contributed by atoms with E-state index in [2.05, 4.69) is 4.98 Å². The molecule has 2 saturated heterocycles. The lowest BCUT2D eigenvalue weighted by molar-refractivity contribution is -0.159. The largest absolute Gasteiger partial charge is 0.481 e. The molecule has 0 bridgehead atoms. The maximum absolute atomic E-state index is 12.7. The molecule has 0 aliphatic carbocycles. The van der Waals surface area contributed by atoms with Crippen LogP contribution in [-0.4, -0.2) is 42.4 Å². The second kappa shape index (κ2) is 5.52. The zero-order valence-electron chi connectivity index (χ0n) is 11.9. The fourth-order valence-electron chi connectivity index (χ4n) is 3.27. The first-order valence-electron chi connectivity index (χ1n) is 7.03. The minimum atomic E-state index is -4.52. The number of aromatic nitrogens is 1. The van der Waals surface area contributed by atoms with Gasteiger partial charge in [0.15, 0.2) is 0 Å². The van der Waals surface area contributed by atoms with E-state index in [1.165, 1.54) is 0 Å². The predicted octanol–water partition coefficient (Wildman–Crippen LogP) is 2.68. The van der Waals surface area contributed by atoms with Crippen molar-refractivity contribution in [2.24, 2.45) is 11.3 Å². The molecule has 2 fully saturated rings. The number of carboxylic acid groups (broad SMARTS) is 1. The van der Waals surface area contributed by atoms with Crippen LogP contribution in [0, 0.1) is 11.3 Å². The molecular weight excluding hydrogens is 337 g/mol. The predicted molar refractivity (Wildman–Crippen MR) is 75.5 cm³/mol. The minimum Gasteiger partial charge on any atom is -0.481 e. The number of pyridine rings is 1.